The first-order valence-corrected chi connectivity index (χ1v) is 5.38. The standard InChI is InChI=1S/C11H13ClFNO4/c1-17-9-5(6(4-14)11(15)16)3-7(12)8(13)10(9)18-2/h3,6H,4,14H2,1-2H3,(H,15,16). The lowest BCUT2D eigenvalue weighted by Gasteiger charge is -2.18. The number of halogens is 2. The molecule has 100 valence electrons. The summed E-state index contributed by atoms with van der Waals surface area (Å²) in [6.45, 7) is -0.170. The van der Waals surface area contributed by atoms with Gasteiger partial charge in [0.15, 0.2) is 17.3 Å². The van der Waals surface area contributed by atoms with E-state index in [-0.39, 0.29) is 28.6 Å². The number of carboxylic acid groups (broad SMARTS) is 1. The maximum atomic E-state index is 13.7. The molecule has 1 rings (SSSR count). The second-order valence-electron chi connectivity index (χ2n) is 3.45. The number of benzene rings is 1. The van der Waals surface area contributed by atoms with E-state index >= 15 is 0 Å². The molecule has 18 heavy (non-hydrogen) atoms. The van der Waals surface area contributed by atoms with Crippen molar-refractivity contribution in [1.29, 1.82) is 0 Å². The summed E-state index contributed by atoms with van der Waals surface area (Å²) in [4.78, 5) is 11.1. The number of carboxylic acids is 1. The fraction of sp³-hybridized carbons (Fsp3) is 0.364. The molecule has 7 heteroatoms. The zero-order valence-electron chi connectivity index (χ0n) is 9.87. The molecule has 0 aliphatic carbocycles. The third-order valence-electron chi connectivity index (χ3n) is 2.48. The van der Waals surface area contributed by atoms with E-state index in [1.54, 1.807) is 0 Å². The molecule has 0 amide bonds. The first kappa shape index (κ1) is 14.5. The lowest BCUT2D eigenvalue weighted by molar-refractivity contribution is -0.138. The molecule has 0 aliphatic rings. The van der Waals surface area contributed by atoms with E-state index in [1.165, 1.54) is 20.3 Å². The highest BCUT2D eigenvalue weighted by molar-refractivity contribution is 6.31. The Labute approximate surface area is 108 Å². The summed E-state index contributed by atoms with van der Waals surface area (Å²) >= 11 is 5.69. The van der Waals surface area contributed by atoms with Gasteiger partial charge in [0.05, 0.1) is 25.2 Å². The van der Waals surface area contributed by atoms with Crippen LogP contribution in [0.5, 0.6) is 11.5 Å². The first-order valence-electron chi connectivity index (χ1n) is 5.00. The number of nitrogens with two attached hydrogens (primary N) is 1. The first-order chi connectivity index (χ1) is 8.47. The second kappa shape index (κ2) is 5.88. The van der Waals surface area contributed by atoms with Crippen molar-refractivity contribution in [1.82, 2.24) is 0 Å². The summed E-state index contributed by atoms with van der Waals surface area (Å²) in [5.74, 6) is -3.26. The number of hydrogen-bond acceptors (Lipinski definition) is 4. The highest BCUT2D eigenvalue weighted by Crippen LogP contribution is 2.41. The summed E-state index contributed by atoms with van der Waals surface area (Å²) in [6.07, 6.45) is 0. The molecule has 0 saturated carbocycles. The fourth-order valence-corrected chi connectivity index (χ4v) is 1.82. The fourth-order valence-electron chi connectivity index (χ4n) is 1.62. The molecule has 1 aromatic rings. The molecule has 0 heterocycles. The van der Waals surface area contributed by atoms with Gasteiger partial charge in [-0.15, -0.1) is 0 Å². The SMILES string of the molecule is COc1c(C(CN)C(=O)O)cc(Cl)c(F)c1OC. The predicted octanol–water partition coefficient (Wildman–Crippen LogP) is 1.62. The Bertz CT molecular complexity index is 467. The van der Waals surface area contributed by atoms with E-state index < -0.39 is 17.7 Å². The molecule has 0 aromatic heterocycles. The van der Waals surface area contributed by atoms with E-state index in [0.717, 1.165) is 0 Å². The molecule has 1 unspecified atom stereocenters. The minimum Gasteiger partial charge on any atom is -0.492 e. The smallest absolute Gasteiger partial charge is 0.312 e. The van der Waals surface area contributed by atoms with Crippen LogP contribution in [-0.2, 0) is 4.79 Å². The Morgan fingerprint density at radius 3 is 2.44 bits per heavy atom. The van der Waals surface area contributed by atoms with Gasteiger partial charge in [0, 0.05) is 12.1 Å². The summed E-state index contributed by atoms with van der Waals surface area (Å²) in [7, 11) is 2.52. The van der Waals surface area contributed by atoms with Gasteiger partial charge in [-0.2, -0.15) is 0 Å². The molecule has 0 radical (unpaired) electrons. The lowest BCUT2D eigenvalue weighted by Crippen LogP contribution is -2.22. The largest absolute Gasteiger partial charge is 0.492 e. The van der Waals surface area contributed by atoms with Gasteiger partial charge in [-0.05, 0) is 6.07 Å². The van der Waals surface area contributed by atoms with Gasteiger partial charge in [-0.1, -0.05) is 11.6 Å². The molecule has 3 N–H and O–H groups in total. The van der Waals surface area contributed by atoms with Crippen molar-refractivity contribution in [2.24, 2.45) is 5.73 Å². The van der Waals surface area contributed by atoms with E-state index in [1.807, 2.05) is 0 Å². The Balaban J connectivity index is 3.52. The molecule has 1 aromatic carbocycles. The normalized spacial score (nSPS) is 12.1. The summed E-state index contributed by atoms with van der Waals surface area (Å²) < 4.78 is 23.5. The Morgan fingerprint density at radius 2 is 2.06 bits per heavy atom. The maximum absolute atomic E-state index is 13.7. The van der Waals surface area contributed by atoms with Crippen molar-refractivity contribution in [3.8, 4) is 11.5 Å². The van der Waals surface area contributed by atoms with Crippen molar-refractivity contribution in [2.45, 2.75) is 5.92 Å². The number of rotatable bonds is 5. The highest BCUT2D eigenvalue weighted by Gasteiger charge is 2.27. The van der Waals surface area contributed by atoms with E-state index in [4.69, 9.17) is 31.9 Å². The van der Waals surface area contributed by atoms with Gasteiger partial charge >= 0.3 is 5.97 Å². The van der Waals surface area contributed by atoms with Crippen molar-refractivity contribution in [2.75, 3.05) is 20.8 Å². The van der Waals surface area contributed by atoms with Crippen LogP contribution >= 0.6 is 11.6 Å². The van der Waals surface area contributed by atoms with Crippen LogP contribution in [-0.4, -0.2) is 31.8 Å². The average molecular weight is 278 g/mol. The quantitative estimate of drug-likeness (QED) is 0.855. The van der Waals surface area contributed by atoms with Gasteiger partial charge in [0.25, 0.3) is 0 Å². The lowest BCUT2D eigenvalue weighted by atomic mass is 9.97. The van der Waals surface area contributed by atoms with Crippen LogP contribution in [0.4, 0.5) is 4.39 Å². The molecule has 1 atom stereocenters. The maximum Gasteiger partial charge on any atom is 0.312 e. The van der Waals surface area contributed by atoms with Crippen LogP contribution in [0.25, 0.3) is 0 Å². The Hall–Kier alpha value is -1.53. The van der Waals surface area contributed by atoms with Crippen molar-refractivity contribution < 1.29 is 23.8 Å². The third kappa shape index (κ3) is 2.49. The van der Waals surface area contributed by atoms with Gasteiger partial charge in [0.2, 0.25) is 0 Å². The Kier molecular flexibility index (Phi) is 4.75. The van der Waals surface area contributed by atoms with Crippen molar-refractivity contribution in [3.63, 3.8) is 0 Å². The van der Waals surface area contributed by atoms with Crippen LogP contribution in [0, 0.1) is 5.82 Å². The zero-order valence-corrected chi connectivity index (χ0v) is 10.6. The van der Waals surface area contributed by atoms with Crippen LogP contribution in [0.15, 0.2) is 6.07 Å². The molecule has 5 nitrogen and oxygen atoms in total. The van der Waals surface area contributed by atoms with Gasteiger partial charge in [-0.3, -0.25) is 4.79 Å². The third-order valence-corrected chi connectivity index (χ3v) is 2.75. The highest BCUT2D eigenvalue weighted by atomic mass is 35.5. The number of aliphatic carboxylic acids is 1. The van der Waals surface area contributed by atoms with Gasteiger partial charge in [0.1, 0.15) is 0 Å². The molecule has 0 bridgehead atoms. The number of methoxy groups -OCH3 is 2. The Morgan fingerprint density at radius 1 is 1.50 bits per heavy atom. The van der Waals surface area contributed by atoms with Crippen LogP contribution in [0.3, 0.4) is 0 Å². The van der Waals surface area contributed by atoms with Crippen molar-refractivity contribution >= 4 is 17.6 Å². The summed E-state index contributed by atoms with van der Waals surface area (Å²) in [6, 6.07) is 1.18. The minimum atomic E-state index is -1.15. The van der Waals surface area contributed by atoms with Gasteiger partial charge in [-0.25, -0.2) is 4.39 Å². The van der Waals surface area contributed by atoms with Crippen LogP contribution < -0.4 is 15.2 Å². The average Bonchev–Trinajstić information content (AvgIpc) is 2.33. The van der Waals surface area contributed by atoms with E-state index in [0.29, 0.717) is 0 Å². The van der Waals surface area contributed by atoms with E-state index in [2.05, 4.69) is 0 Å². The molecule has 0 saturated heterocycles. The monoisotopic (exact) mass is 277 g/mol. The molecule has 0 spiro atoms. The summed E-state index contributed by atoms with van der Waals surface area (Å²) in [5, 5.41) is 8.81. The molecule has 0 fully saturated rings. The summed E-state index contributed by atoms with van der Waals surface area (Å²) in [5.41, 5.74) is 5.57. The molecular formula is C11H13ClFNO4. The number of hydrogen-bond donors (Lipinski definition) is 2. The molecular weight excluding hydrogens is 265 g/mol. The van der Waals surface area contributed by atoms with Crippen LogP contribution in [0.1, 0.15) is 11.5 Å². The number of carbonyl (C=O) groups is 1. The number of ether oxygens (including phenoxy) is 2. The van der Waals surface area contributed by atoms with Crippen LogP contribution in [0.2, 0.25) is 5.02 Å². The van der Waals surface area contributed by atoms with E-state index in [9.17, 15) is 9.18 Å². The second-order valence-corrected chi connectivity index (χ2v) is 3.86. The zero-order chi connectivity index (χ0) is 13.9. The molecule has 0 aliphatic heterocycles. The topological polar surface area (TPSA) is 81.8 Å². The van der Waals surface area contributed by atoms with Crippen molar-refractivity contribution in [3.05, 3.63) is 22.5 Å². The van der Waals surface area contributed by atoms with Gasteiger partial charge < -0.3 is 20.3 Å². The predicted molar refractivity (Wildman–Crippen MR) is 63.9 cm³/mol. The minimum absolute atomic E-state index is 0.0164.